The molecular weight excluding hydrogens is 196 g/mol. The van der Waals surface area contributed by atoms with E-state index in [1.54, 1.807) is 12.1 Å². The number of para-hydroxylation sites is 1. The van der Waals surface area contributed by atoms with E-state index in [9.17, 15) is 4.79 Å². The Hall–Kier alpha value is -1.75. The molecule has 0 saturated heterocycles. The van der Waals surface area contributed by atoms with Gasteiger partial charge in [-0.05, 0) is 25.1 Å². The summed E-state index contributed by atoms with van der Waals surface area (Å²) in [6.45, 7) is 0.861. The quantitative estimate of drug-likeness (QED) is 0.490. The molecule has 15 heavy (non-hydrogen) atoms. The Morgan fingerprint density at radius 1 is 1.47 bits per heavy atom. The van der Waals surface area contributed by atoms with Gasteiger partial charge in [0.05, 0.1) is 12.3 Å². The molecule has 5 nitrogen and oxygen atoms in total. The molecule has 0 aliphatic carbocycles. The molecule has 5 heteroatoms. The van der Waals surface area contributed by atoms with Crippen LogP contribution in [0.3, 0.4) is 0 Å². The second-order valence-electron chi connectivity index (χ2n) is 3.02. The summed E-state index contributed by atoms with van der Waals surface area (Å²) in [6.07, 6.45) is 0.660. The number of carbonyl (C=O) groups is 1. The van der Waals surface area contributed by atoms with Crippen molar-refractivity contribution in [3.8, 4) is 5.75 Å². The Bertz CT molecular complexity index is 353. The maximum atomic E-state index is 10.8. The van der Waals surface area contributed by atoms with Crippen molar-refractivity contribution in [1.29, 1.82) is 0 Å². The van der Waals surface area contributed by atoms with E-state index in [1.165, 1.54) is 6.07 Å². The lowest BCUT2D eigenvalue weighted by Crippen LogP contribution is -2.10. The molecule has 0 amide bonds. The Labute approximate surface area is 87.6 Å². The summed E-state index contributed by atoms with van der Waals surface area (Å²) in [7, 11) is 0. The summed E-state index contributed by atoms with van der Waals surface area (Å²) < 4.78 is 5.28. The van der Waals surface area contributed by atoms with Gasteiger partial charge in [0.15, 0.2) is 5.75 Å². The number of nitrogen functional groups attached to an aromatic ring is 1. The van der Waals surface area contributed by atoms with Crippen LogP contribution in [-0.2, 0) is 0 Å². The van der Waals surface area contributed by atoms with Crippen molar-refractivity contribution in [1.82, 2.24) is 0 Å². The zero-order valence-corrected chi connectivity index (χ0v) is 8.27. The average Bonchev–Trinajstić information content (AvgIpc) is 2.20. The fraction of sp³-hybridized carbons (Fsp3) is 0.300. The monoisotopic (exact) mass is 210 g/mol. The summed E-state index contributed by atoms with van der Waals surface area (Å²) in [5.74, 6) is -0.830. The summed E-state index contributed by atoms with van der Waals surface area (Å²) in [5.41, 5.74) is 11.3. The van der Waals surface area contributed by atoms with Crippen LogP contribution in [0.4, 0.5) is 5.69 Å². The average molecular weight is 210 g/mol. The van der Waals surface area contributed by atoms with E-state index in [-0.39, 0.29) is 11.3 Å². The maximum absolute atomic E-state index is 10.8. The lowest BCUT2D eigenvalue weighted by molar-refractivity contribution is 0.0692. The number of rotatable bonds is 5. The Balaban J connectivity index is 2.87. The van der Waals surface area contributed by atoms with Crippen LogP contribution in [0.25, 0.3) is 0 Å². The van der Waals surface area contributed by atoms with Crippen LogP contribution in [0.2, 0.25) is 0 Å². The molecule has 0 aromatic heterocycles. The number of carboxylic acids is 1. The third-order valence-corrected chi connectivity index (χ3v) is 1.87. The highest BCUT2D eigenvalue weighted by atomic mass is 16.5. The molecule has 0 unspecified atom stereocenters. The number of aromatic carboxylic acids is 1. The summed E-state index contributed by atoms with van der Waals surface area (Å²) >= 11 is 0. The van der Waals surface area contributed by atoms with E-state index in [0.717, 1.165) is 0 Å². The number of benzene rings is 1. The number of hydrogen-bond donors (Lipinski definition) is 3. The van der Waals surface area contributed by atoms with Crippen molar-refractivity contribution in [3.05, 3.63) is 23.8 Å². The van der Waals surface area contributed by atoms with Gasteiger partial charge >= 0.3 is 5.97 Å². The van der Waals surface area contributed by atoms with Crippen LogP contribution in [0.15, 0.2) is 18.2 Å². The molecule has 0 aliphatic heterocycles. The topological polar surface area (TPSA) is 98.6 Å². The fourth-order valence-electron chi connectivity index (χ4n) is 1.14. The number of hydrogen-bond acceptors (Lipinski definition) is 4. The summed E-state index contributed by atoms with van der Waals surface area (Å²) in [4.78, 5) is 10.8. The normalized spacial score (nSPS) is 9.93. The van der Waals surface area contributed by atoms with Crippen molar-refractivity contribution >= 4 is 11.7 Å². The Morgan fingerprint density at radius 2 is 2.20 bits per heavy atom. The molecule has 0 atom stereocenters. The molecule has 0 heterocycles. The molecule has 0 bridgehead atoms. The van der Waals surface area contributed by atoms with E-state index in [2.05, 4.69) is 0 Å². The van der Waals surface area contributed by atoms with Crippen molar-refractivity contribution in [2.75, 3.05) is 18.9 Å². The molecule has 5 N–H and O–H groups in total. The second kappa shape index (κ2) is 5.21. The van der Waals surface area contributed by atoms with Crippen molar-refractivity contribution in [2.24, 2.45) is 5.73 Å². The molecule has 0 fully saturated rings. The van der Waals surface area contributed by atoms with E-state index in [4.69, 9.17) is 21.3 Å². The molecule has 0 aliphatic rings. The molecule has 1 aromatic carbocycles. The highest BCUT2D eigenvalue weighted by Gasteiger charge is 2.13. The lowest BCUT2D eigenvalue weighted by atomic mass is 10.2. The van der Waals surface area contributed by atoms with Crippen LogP contribution in [0, 0.1) is 0 Å². The van der Waals surface area contributed by atoms with Gasteiger partial charge in [-0.3, -0.25) is 0 Å². The summed E-state index contributed by atoms with van der Waals surface area (Å²) in [5, 5.41) is 8.89. The van der Waals surface area contributed by atoms with E-state index < -0.39 is 5.97 Å². The highest BCUT2D eigenvalue weighted by Crippen LogP contribution is 2.26. The van der Waals surface area contributed by atoms with Crippen molar-refractivity contribution in [2.45, 2.75) is 6.42 Å². The minimum Gasteiger partial charge on any atom is -0.490 e. The van der Waals surface area contributed by atoms with Crippen molar-refractivity contribution in [3.63, 3.8) is 0 Å². The number of ether oxygens (including phenoxy) is 1. The molecule has 0 radical (unpaired) electrons. The highest BCUT2D eigenvalue weighted by molar-refractivity contribution is 5.93. The van der Waals surface area contributed by atoms with Gasteiger partial charge in [-0.2, -0.15) is 0 Å². The maximum Gasteiger partial charge on any atom is 0.339 e. The third kappa shape index (κ3) is 2.85. The van der Waals surface area contributed by atoms with Gasteiger partial charge in [-0.25, -0.2) is 4.79 Å². The van der Waals surface area contributed by atoms with E-state index in [1.807, 2.05) is 0 Å². The first-order chi connectivity index (χ1) is 7.16. The number of carboxylic acid groups (broad SMARTS) is 1. The fourth-order valence-corrected chi connectivity index (χ4v) is 1.14. The van der Waals surface area contributed by atoms with Gasteiger partial charge in [-0.15, -0.1) is 0 Å². The zero-order valence-electron chi connectivity index (χ0n) is 8.27. The van der Waals surface area contributed by atoms with Gasteiger partial charge in [0, 0.05) is 0 Å². The van der Waals surface area contributed by atoms with Crippen molar-refractivity contribution < 1.29 is 14.6 Å². The molecule has 1 aromatic rings. The van der Waals surface area contributed by atoms with Crippen LogP contribution < -0.4 is 16.2 Å². The van der Waals surface area contributed by atoms with E-state index >= 15 is 0 Å². The smallest absolute Gasteiger partial charge is 0.339 e. The predicted octanol–water partition coefficient (Wildman–Crippen LogP) is 0.695. The summed E-state index contributed by atoms with van der Waals surface area (Å²) in [6, 6.07) is 4.63. The lowest BCUT2D eigenvalue weighted by Gasteiger charge is -2.10. The minimum absolute atomic E-state index is 0.0759. The van der Waals surface area contributed by atoms with Gasteiger partial charge in [0.25, 0.3) is 0 Å². The SMILES string of the molecule is NCCCOc1c(N)cccc1C(=O)O. The predicted molar refractivity (Wildman–Crippen MR) is 57.0 cm³/mol. The zero-order chi connectivity index (χ0) is 11.3. The van der Waals surface area contributed by atoms with Gasteiger partial charge in [-0.1, -0.05) is 6.07 Å². The van der Waals surface area contributed by atoms with Gasteiger partial charge in [0.2, 0.25) is 0 Å². The molecular formula is C10H14N2O3. The Kier molecular flexibility index (Phi) is 3.93. The third-order valence-electron chi connectivity index (χ3n) is 1.87. The Morgan fingerprint density at radius 3 is 2.80 bits per heavy atom. The first kappa shape index (κ1) is 11.3. The molecule has 0 spiro atoms. The standard InChI is InChI=1S/C10H14N2O3/c11-5-2-6-15-9-7(10(13)14)3-1-4-8(9)12/h1,3-4H,2,5-6,11-12H2,(H,13,14). The molecule has 1 rings (SSSR count). The van der Waals surface area contributed by atoms with Crippen LogP contribution in [0.5, 0.6) is 5.75 Å². The molecule has 82 valence electrons. The van der Waals surface area contributed by atoms with Crippen LogP contribution in [-0.4, -0.2) is 24.2 Å². The van der Waals surface area contributed by atoms with Gasteiger partial charge in [0.1, 0.15) is 5.56 Å². The second-order valence-corrected chi connectivity index (χ2v) is 3.02. The first-order valence-corrected chi connectivity index (χ1v) is 4.61. The van der Waals surface area contributed by atoms with Crippen LogP contribution >= 0.6 is 0 Å². The van der Waals surface area contributed by atoms with E-state index in [0.29, 0.717) is 25.3 Å². The minimum atomic E-state index is -1.05. The molecule has 0 saturated carbocycles. The number of nitrogens with two attached hydrogens (primary N) is 2. The first-order valence-electron chi connectivity index (χ1n) is 4.61. The van der Waals surface area contributed by atoms with Crippen LogP contribution in [0.1, 0.15) is 16.8 Å². The largest absolute Gasteiger partial charge is 0.490 e. The number of anilines is 1. The van der Waals surface area contributed by atoms with Gasteiger partial charge < -0.3 is 21.3 Å².